The van der Waals surface area contributed by atoms with Crippen molar-refractivity contribution in [3.05, 3.63) is 70.2 Å². The van der Waals surface area contributed by atoms with Gasteiger partial charge in [-0.1, -0.05) is 58.4 Å². The second kappa shape index (κ2) is 6.43. The molecule has 0 saturated heterocycles. The van der Waals surface area contributed by atoms with E-state index in [-0.39, 0.29) is 24.4 Å². The van der Waals surface area contributed by atoms with Crippen molar-refractivity contribution in [2.75, 3.05) is 0 Å². The van der Waals surface area contributed by atoms with Gasteiger partial charge >= 0.3 is 0 Å². The van der Waals surface area contributed by atoms with Gasteiger partial charge in [-0.3, -0.25) is 9.59 Å². The third-order valence-electron chi connectivity index (χ3n) is 2.84. The Balaban J connectivity index is 1.94. The highest BCUT2D eigenvalue weighted by atomic mass is 79.9. The molecule has 0 aromatic heterocycles. The maximum atomic E-state index is 11.9. The van der Waals surface area contributed by atoms with Crippen molar-refractivity contribution in [1.29, 1.82) is 0 Å². The fourth-order valence-electron chi connectivity index (χ4n) is 1.78. The summed E-state index contributed by atoms with van der Waals surface area (Å²) in [5, 5.41) is 0. The molecule has 0 heterocycles. The van der Waals surface area contributed by atoms with Crippen LogP contribution in [0.1, 0.15) is 33.6 Å². The molecule has 0 aliphatic heterocycles. The molecule has 2 rings (SSSR count). The summed E-state index contributed by atoms with van der Waals surface area (Å²) in [6, 6.07) is 16.2. The summed E-state index contributed by atoms with van der Waals surface area (Å²) in [5.74, 6) is 0.00263. The van der Waals surface area contributed by atoms with Crippen LogP contribution in [0.15, 0.2) is 59.1 Å². The van der Waals surface area contributed by atoms with Gasteiger partial charge < -0.3 is 0 Å². The summed E-state index contributed by atoms with van der Waals surface area (Å²) < 4.78 is 0.935. The van der Waals surface area contributed by atoms with Crippen LogP contribution in [-0.4, -0.2) is 11.6 Å². The van der Waals surface area contributed by atoms with Crippen LogP contribution >= 0.6 is 15.9 Å². The van der Waals surface area contributed by atoms with Crippen LogP contribution in [0.25, 0.3) is 0 Å². The fourth-order valence-corrected chi connectivity index (χ4v) is 2.04. The van der Waals surface area contributed by atoms with E-state index in [1.54, 1.807) is 24.3 Å². The molecule has 0 aliphatic carbocycles. The highest BCUT2D eigenvalue weighted by Gasteiger charge is 2.10. The Kier molecular flexibility index (Phi) is 4.63. The number of rotatable bonds is 5. The minimum atomic E-state index is -0.00298. The molecule has 2 nitrogen and oxygen atoms in total. The predicted molar refractivity (Wildman–Crippen MR) is 78.5 cm³/mol. The molecule has 0 spiro atoms. The van der Waals surface area contributed by atoms with Crippen molar-refractivity contribution >= 4 is 27.5 Å². The van der Waals surface area contributed by atoms with Gasteiger partial charge in [0.05, 0.1) is 0 Å². The lowest BCUT2D eigenvalue weighted by Gasteiger charge is -2.02. The molecule has 0 fully saturated rings. The Hall–Kier alpha value is -1.74. The zero-order valence-corrected chi connectivity index (χ0v) is 11.9. The van der Waals surface area contributed by atoms with Crippen molar-refractivity contribution in [2.45, 2.75) is 12.8 Å². The van der Waals surface area contributed by atoms with Crippen molar-refractivity contribution in [3.63, 3.8) is 0 Å². The van der Waals surface area contributed by atoms with Crippen LogP contribution in [0.4, 0.5) is 0 Å². The molecule has 2 aromatic carbocycles. The van der Waals surface area contributed by atoms with Crippen molar-refractivity contribution < 1.29 is 9.59 Å². The number of benzene rings is 2. The lowest BCUT2D eigenvalue weighted by Crippen LogP contribution is -2.05. The minimum Gasteiger partial charge on any atom is -0.294 e. The Bertz CT molecular complexity index is 573. The molecule has 0 amide bonds. The number of hydrogen-bond acceptors (Lipinski definition) is 2. The number of ketones is 2. The highest BCUT2D eigenvalue weighted by Crippen LogP contribution is 2.13. The molecule has 0 N–H and O–H groups in total. The molecule has 0 aliphatic rings. The predicted octanol–water partition coefficient (Wildman–Crippen LogP) is 4.29. The molecular weight excluding hydrogens is 304 g/mol. The van der Waals surface area contributed by atoms with Gasteiger partial charge in [0.2, 0.25) is 0 Å². The van der Waals surface area contributed by atoms with Crippen LogP contribution in [0, 0.1) is 0 Å². The maximum absolute atomic E-state index is 11.9. The number of halogens is 1. The zero-order valence-electron chi connectivity index (χ0n) is 10.3. The lowest BCUT2D eigenvalue weighted by atomic mass is 10.0. The Labute approximate surface area is 120 Å². The molecule has 0 bridgehead atoms. The molecule has 96 valence electrons. The fraction of sp³-hybridized carbons (Fsp3) is 0.125. The van der Waals surface area contributed by atoms with E-state index in [9.17, 15) is 9.59 Å². The van der Waals surface area contributed by atoms with Gasteiger partial charge in [0, 0.05) is 28.4 Å². The molecule has 0 saturated carbocycles. The van der Waals surface area contributed by atoms with Crippen molar-refractivity contribution in [2.24, 2.45) is 0 Å². The van der Waals surface area contributed by atoms with Gasteiger partial charge in [0.1, 0.15) is 0 Å². The zero-order chi connectivity index (χ0) is 13.7. The molecular formula is C16H13BrO2. The first-order valence-corrected chi connectivity index (χ1v) is 6.83. The van der Waals surface area contributed by atoms with Gasteiger partial charge in [-0.15, -0.1) is 0 Å². The summed E-state index contributed by atoms with van der Waals surface area (Å²) in [6.45, 7) is 0. The molecule has 19 heavy (non-hydrogen) atoms. The van der Waals surface area contributed by atoms with E-state index in [2.05, 4.69) is 15.9 Å². The average molecular weight is 317 g/mol. The second-order valence-corrected chi connectivity index (χ2v) is 5.13. The first-order valence-electron chi connectivity index (χ1n) is 6.04. The molecule has 3 heteroatoms. The van der Waals surface area contributed by atoms with Gasteiger partial charge in [-0.2, -0.15) is 0 Å². The molecule has 0 atom stereocenters. The summed E-state index contributed by atoms with van der Waals surface area (Å²) >= 11 is 3.32. The Morgan fingerprint density at radius 1 is 0.737 bits per heavy atom. The first-order chi connectivity index (χ1) is 9.16. The first kappa shape index (κ1) is 13.7. The Morgan fingerprint density at radius 3 is 1.74 bits per heavy atom. The van der Waals surface area contributed by atoms with Gasteiger partial charge in [-0.25, -0.2) is 0 Å². The molecule has 2 aromatic rings. The topological polar surface area (TPSA) is 34.1 Å². The lowest BCUT2D eigenvalue weighted by molar-refractivity contribution is 0.0917. The largest absolute Gasteiger partial charge is 0.294 e. The highest BCUT2D eigenvalue weighted by molar-refractivity contribution is 9.10. The molecule has 0 unspecified atom stereocenters. The van der Waals surface area contributed by atoms with Crippen LogP contribution in [0.3, 0.4) is 0 Å². The summed E-state index contributed by atoms with van der Waals surface area (Å²) in [7, 11) is 0. The molecule has 0 radical (unpaired) electrons. The summed E-state index contributed by atoms with van der Waals surface area (Å²) in [6.07, 6.45) is 0.494. The Morgan fingerprint density at radius 2 is 1.21 bits per heavy atom. The van der Waals surface area contributed by atoms with Crippen molar-refractivity contribution in [3.8, 4) is 0 Å². The second-order valence-electron chi connectivity index (χ2n) is 4.22. The van der Waals surface area contributed by atoms with Gasteiger partial charge in [0.25, 0.3) is 0 Å². The minimum absolute atomic E-state index is 0.00298. The van der Waals surface area contributed by atoms with Crippen LogP contribution < -0.4 is 0 Å². The van der Waals surface area contributed by atoms with E-state index >= 15 is 0 Å². The van der Waals surface area contributed by atoms with Crippen LogP contribution in [-0.2, 0) is 0 Å². The van der Waals surface area contributed by atoms with Gasteiger partial charge in [0.15, 0.2) is 11.6 Å². The standard InChI is InChI=1S/C16H13BrO2/c17-14-8-6-13(7-9-14)16(19)11-10-15(18)12-4-2-1-3-5-12/h1-9H,10-11H2. The van der Waals surface area contributed by atoms with Crippen LogP contribution in [0.5, 0.6) is 0 Å². The summed E-state index contributed by atoms with van der Waals surface area (Å²) in [4.78, 5) is 23.8. The van der Waals surface area contributed by atoms with Crippen LogP contribution in [0.2, 0.25) is 0 Å². The van der Waals surface area contributed by atoms with Crippen molar-refractivity contribution in [1.82, 2.24) is 0 Å². The smallest absolute Gasteiger partial charge is 0.163 e. The van der Waals surface area contributed by atoms with E-state index in [0.29, 0.717) is 11.1 Å². The average Bonchev–Trinajstić information content (AvgIpc) is 2.46. The SMILES string of the molecule is O=C(CCC(=O)c1ccc(Br)cc1)c1ccccc1. The number of carbonyl (C=O) groups is 2. The van der Waals surface area contributed by atoms with E-state index in [0.717, 1.165) is 4.47 Å². The summed E-state index contributed by atoms with van der Waals surface area (Å²) in [5.41, 5.74) is 1.30. The number of hydrogen-bond donors (Lipinski definition) is 0. The third-order valence-corrected chi connectivity index (χ3v) is 3.37. The van der Waals surface area contributed by atoms with E-state index < -0.39 is 0 Å². The third kappa shape index (κ3) is 3.86. The normalized spacial score (nSPS) is 10.2. The monoisotopic (exact) mass is 316 g/mol. The maximum Gasteiger partial charge on any atom is 0.163 e. The van der Waals surface area contributed by atoms with E-state index in [4.69, 9.17) is 0 Å². The van der Waals surface area contributed by atoms with E-state index in [1.165, 1.54) is 0 Å². The van der Waals surface area contributed by atoms with Gasteiger partial charge in [-0.05, 0) is 12.1 Å². The van der Waals surface area contributed by atoms with E-state index in [1.807, 2.05) is 30.3 Å². The number of Topliss-reactive ketones (excluding diaryl/α,β-unsaturated/α-hetero) is 2. The quantitative estimate of drug-likeness (QED) is 0.771. The number of carbonyl (C=O) groups excluding carboxylic acids is 2.